The maximum absolute atomic E-state index is 12.1. The molecule has 0 aliphatic heterocycles. The lowest BCUT2D eigenvalue weighted by Gasteiger charge is -2.25. The third-order valence-corrected chi connectivity index (χ3v) is 3.35. The standard InChI is InChI=1S/C18H29N5O3/c1-6-11-19-17(22(5)13-16(24)21-18(2,3)4)20-12-14-7-9-15(10-8-14)23(25)26/h7-10H,6,11-13H2,1-5H3,(H,19,20)(H,21,24). The highest BCUT2D eigenvalue weighted by atomic mass is 16.6. The minimum Gasteiger partial charge on any atom is -0.356 e. The Balaban J connectivity index is 2.78. The summed E-state index contributed by atoms with van der Waals surface area (Å²) in [6.07, 6.45) is 0.929. The van der Waals surface area contributed by atoms with Crippen LogP contribution < -0.4 is 10.6 Å². The van der Waals surface area contributed by atoms with Crippen LogP contribution in [-0.2, 0) is 11.3 Å². The Kier molecular flexibility index (Phi) is 8.02. The van der Waals surface area contributed by atoms with E-state index in [1.807, 2.05) is 27.7 Å². The van der Waals surface area contributed by atoms with E-state index in [4.69, 9.17) is 0 Å². The Morgan fingerprint density at radius 3 is 2.38 bits per heavy atom. The van der Waals surface area contributed by atoms with Crippen LogP contribution in [0.2, 0.25) is 0 Å². The second-order valence-electron chi connectivity index (χ2n) is 7.14. The first-order valence-corrected chi connectivity index (χ1v) is 8.66. The second-order valence-corrected chi connectivity index (χ2v) is 7.14. The van der Waals surface area contributed by atoms with Crippen LogP contribution in [0, 0.1) is 10.1 Å². The quantitative estimate of drug-likeness (QED) is 0.335. The molecule has 0 saturated carbocycles. The molecule has 0 spiro atoms. The number of likely N-dealkylation sites (N-methyl/N-ethyl adjacent to an activating group) is 1. The number of rotatable bonds is 7. The zero-order valence-electron chi connectivity index (χ0n) is 16.2. The zero-order valence-corrected chi connectivity index (χ0v) is 16.2. The fourth-order valence-corrected chi connectivity index (χ4v) is 2.19. The largest absolute Gasteiger partial charge is 0.356 e. The highest BCUT2D eigenvalue weighted by molar-refractivity contribution is 5.86. The van der Waals surface area contributed by atoms with Gasteiger partial charge in [0.15, 0.2) is 5.96 Å². The van der Waals surface area contributed by atoms with E-state index in [1.54, 1.807) is 24.1 Å². The molecule has 0 fully saturated rings. The van der Waals surface area contributed by atoms with E-state index in [2.05, 4.69) is 15.6 Å². The third kappa shape index (κ3) is 7.96. The van der Waals surface area contributed by atoms with Gasteiger partial charge < -0.3 is 15.5 Å². The number of benzene rings is 1. The fraction of sp³-hybridized carbons (Fsp3) is 0.556. The molecule has 0 radical (unpaired) electrons. The molecule has 0 saturated heterocycles. The van der Waals surface area contributed by atoms with Crippen molar-refractivity contribution in [1.82, 2.24) is 15.5 Å². The number of nitro groups is 1. The summed E-state index contributed by atoms with van der Waals surface area (Å²) in [6.45, 7) is 9.15. The van der Waals surface area contributed by atoms with Gasteiger partial charge in [-0.15, -0.1) is 0 Å². The molecule has 0 aliphatic rings. The average molecular weight is 363 g/mol. The van der Waals surface area contributed by atoms with E-state index in [0.717, 1.165) is 18.5 Å². The number of aliphatic imine (C=N–C) groups is 1. The minimum absolute atomic E-state index is 0.0537. The van der Waals surface area contributed by atoms with Crippen molar-refractivity contribution in [2.75, 3.05) is 20.1 Å². The Morgan fingerprint density at radius 1 is 1.27 bits per heavy atom. The van der Waals surface area contributed by atoms with E-state index >= 15 is 0 Å². The second kappa shape index (κ2) is 9.74. The summed E-state index contributed by atoms with van der Waals surface area (Å²) in [5, 5.41) is 16.9. The molecule has 1 aromatic carbocycles. The predicted molar refractivity (Wildman–Crippen MR) is 103 cm³/mol. The van der Waals surface area contributed by atoms with Gasteiger partial charge >= 0.3 is 0 Å². The van der Waals surface area contributed by atoms with Gasteiger partial charge in [-0.2, -0.15) is 0 Å². The Morgan fingerprint density at radius 2 is 1.88 bits per heavy atom. The Bertz CT molecular complexity index is 635. The fourth-order valence-electron chi connectivity index (χ4n) is 2.19. The summed E-state index contributed by atoms with van der Waals surface area (Å²) in [5.74, 6) is 0.538. The summed E-state index contributed by atoms with van der Waals surface area (Å²) in [7, 11) is 1.81. The number of amides is 1. The highest BCUT2D eigenvalue weighted by Crippen LogP contribution is 2.12. The number of nitrogens with one attached hydrogen (secondary N) is 2. The Labute approximate surface area is 154 Å². The molecule has 0 atom stereocenters. The van der Waals surface area contributed by atoms with Crippen molar-refractivity contribution in [3.05, 3.63) is 39.9 Å². The van der Waals surface area contributed by atoms with Crippen LogP contribution in [0.25, 0.3) is 0 Å². The van der Waals surface area contributed by atoms with Crippen molar-refractivity contribution >= 4 is 17.6 Å². The molecule has 0 aromatic heterocycles. The lowest BCUT2D eigenvalue weighted by Crippen LogP contribution is -2.48. The number of carbonyl (C=O) groups is 1. The third-order valence-electron chi connectivity index (χ3n) is 3.35. The molecule has 0 unspecified atom stereocenters. The van der Waals surface area contributed by atoms with Gasteiger partial charge in [-0.1, -0.05) is 19.1 Å². The van der Waals surface area contributed by atoms with Crippen molar-refractivity contribution in [2.24, 2.45) is 4.99 Å². The van der Waals surface area contributed by atoms with Crippen LogP contribution >= 0.6 is 0 Å². The smallest absolute Gasteiger partial charge is 0.269 e. The molecule has 0 heterocycles. The monoisotopic (exact) mass is 363 g/mol. The van der Waals surface area contributed by atoms with Gasteiger partial charge in [0.1, 0.15) is 0 Å². The molecule has 26 heavy (non-hydrogen) atoms. The first-order chi connectivity index (χ1) is 12.1. The number of carbonyl (C=O) groups excluding carboxylic acids is 1. The van der Waals surface area contributed by atoms with E-state index in [1.165, 1.54) is 12.1 Å². The maximum Gasteiger partial charge on any atom is 0.269 e. The van der Waals surface area contributed by atoms with Crippen LogP contribution in [0.5, 0.6) is 0 Å². The number of nitrogens with zero attached hydrogens (tertiary/aromatic N) is 3. The Hall–Kier alpha value is -2.64. The van der Waals surface area contributed by atoms with Gasteiger partial charge in [0.25, 0.3) is 5.69 Å². The first kappa shape index (κ1) is 21.4. The number of non-ortho nitro benzene ring substituents is 1. The van der Waals surface area contributed by atoms with Crippen LogP contribution in [0.4, 0.5) is 5.69 Å². The number of nitro benzene ring substituents is 1. The summed E-state index contributed by atoms with van der Waals surface area (Å²) in [5.41, 5.74) is 0.627. The van der Waals surface area contributed by atoms with Gasteiger partial charge in [-0.05, 0) is 32.8 Å². The molecule has 1 aromatic rings. The lowest BCUT2D eigenvalue weighted by molar-refractivity contribution is -0.384. The van der Waals surface area contributed by atoms with Crippen LogP contribution in [-0.4, -0.2) is 47.4 Å². The van der Waals surface area contributed by atoms with Crippen LogP contribution in [0.1, 0.15) is 39.7 Å². The molecule has 1 amide bonds. The zero-order chi connectivity index (χ0) is 19.7. The van der Waals surface area contributed by atoms with Gasteiger partial charge in [0.05, 0.1) is 18.0 Å². The van der Waals surface area contributed by atoms with Gasteiger partial charge in [-0.3, -0.25) is 14.9 Å². The average Bonchev–Trinajstić information content (AvgIpc) is 2.53. The molecule has 0 aliphatic carbocycles. The first-order valence-electron chi connectivity index (χ1n) is 8.66. The van der Waals surface area contributed by atoms with E-state index in [-0.39, 0.29) is 23.7 Å². The SMILES string of the molecule is CCCNC(=NCc1ccc([N+](=O)[O-])cc1)N(C)CC(=O)NC(C)(C)C. The summed E-state index contributed by atoms with van der Waals surface area (Å²) in [4.78, 5) is 28.7. The maximum atomic E-state index is 12.1. The summed E-state index contributed by atoms with van der Waals surface area (Å²) < 4.78 is 0. The van der Waals surface area contributed by atoms with Crippen molar-refractivity contribution in [2.45, 2.75) is 46.2 Å². The van der Waals surface area contributed by atoms with Crippen molar-refractivity contribution in [3.63, 3.8) is 0 Å². The van der Waals surface area contributed by atoms with Gasteiger partial charge in [-0.25, -0.2) is 4.99 Å². The van der Waals surface area contributed by atoms with Crippen molar-refractivity contribution in [3.8, 4) is 0 Å². The number of hydrogen-bond donors (Lipinski definition) is 2. The number of hydrogen-bond acceptors (Lipinski definition) is 4. The molecule has 8 nitrogen and oxygen atoms in total. The van der Waals surface area contributed by atoms with E-state index in [9.17, 15) is 14.9 Å². The number of guanidine groups is 1. The molecule has 8 heteroatoms. The van der Waals surface area contributed by atoms with Crippen molar-refractivity contribution < 1.29 is 9.72 Å². The summed E-state index contributed by atoms with van der Waals surface area (Å²) in [6, 6.07) is 6.30. The highest BCUT2D eigenvalue weighted by Gasteiger charge is 2.16. The molecular weight excluding hydrogens is 334 g/mol. The van der Waals surface area contributed by atoms with Crippen LogP contribution in [0.3, 0.4) is 0 Å². The molecular formula is C18H29N5O3. The minimum atomic E-state index is -0.428. The van der Waals surface area contributed by atoms with Crippen molar-refractivity contribution in [1.29, 1.82) is 0 Å². The molecule has 0 bridgehead atoms. The molecule has 144 valence electrons. The lowest BCUT2D eigenvalue weighted by atomic mass is 10.1. The molecule has 2 N–H and O–H groups in total. The normalized spacial score (nSPS) is 11.8. The topological polar surface area (TPSA) is 99.9 Å². The summed E-state index contributed by atoms with van der Waals surface area (Å²) >= 11 is 0. The van der Waals surface area contributed by atoms with E-state index in [0.29, 0.717) is 12.5 Å². The van der Waals surface area contributed by atoms with Gasteiger partial charge in [0, 0.05) is 31.3 Å². The predicted octanol–water partition coefficient (Wildman–Crippen LogP) is 2.30. The van der Waals surface area contributed by atoms with E-state index < -0.39 is 4.92 Å². The molecule has 1 rings (SSSR count). The van der Waals surface area contributed by atoms with Gasteiger partial charge in [0.2, 0.25) is 5.91 Å². The van der Waals surface area contributed by atoms with Crippen LogP contribution in [0.15, 0.2) is 29.3 Å².